The van der Waals surface area contributed by atoms with Crippen LogP contribution >= 0.6 is 0 Å². The van der Waals surface area contributed by atoms with Crippen LogP contribution in [0.1, 0.15) is 29.7 Å². The molecule has 1 aliphatic rings. The fraction of sp³-hybridized carbons (Fsp3) is 0.294. The summed E-state index contributed by atoms with van der Waals surface area (Å²) in [7, 11) is 0. The summed E-state index contributed by atoms with van der Waals surface area (Å²) in [6.45, 7) is 3.41. The molecule has 0 bridgehead atoms. The van der Waals surface area contributed by atoms with Crippen molar-refractivity contribution >= 4 is 0 Å². The van der Waals surface area contributed by atoms with Crippen molar-refractivity contribution in [2.24, 2.45) is 5.73 Å². The van der Waals surface area contributed by atoms with Crippen LogP contribution in [0.25, 0.3) is 0 Å². The Bertz CT molecular complexity index is 610. The van der Waals surface area contributed by atoms with Gasteiger partial charge in [0.05, 0.1) is 19.3 Å². The zero-order valence-corrected chi connectivity index (χ0v) is 11.6. The molecule has 1 atom stereocenters. The second kappa shape index (κ2) is 5.55. The summed E-state index contributed by atoms with van der Waals surface area (Å²) in [5, 5.41) is 0. The summed E-state index contributed by atoms with van der Waals surface area (Å²) in [5.41, 5.74) is 9.81. The molecule has 3 nitrogen and oxygen atoms in total. The number of hydrogen-bond donors (Lipinski definition) is 1. The SMILES string of the molecule is CCOc1cccc(C(N)c2ccc3c(c2)CCO3)c1. The maximum atomic E-state index is 6.38. The van der Waals surface area contributed by atoms with Crippen molar-refractivity contribution in [1.82, 2.24) is 0 Å². The molecule has 0 aliphatic carbocycles. The Kier molecular flexibility index (Phi) is 3.61. The third-order valence-electron chi connectivity index (χ3n) is 3.60. The summed E-state index contributed by atoms with van der Waals surface area (Å²) >= 11 is 0. The van der Waals surface area contributed by atoms with Crippen LogP contribution in [0.15, 0.2) is 42.5 Å². The van der Waals surface area contributed by atoms with Crippen LogP contribution in [0.5, 0.6) is 11.5 Å². The minimum absolute atomic E-state index is 0.138. The Hall–Kier alpha value is -2.00. The minimum Gasteiger partial charge on any atom is -0.494 e. The van der Waals surface area contributed by atoms with E-state index in [0.717, 1.165) is 35.7 Å². The number of ether oxygens (including phenoxy) is 2. The predicted molar refractivity (Wildman–Crippen MR) is 79.3 cm³/mol. The van der Waals surface area contributed by atoms with Gasteiger partial charge in [0.15, 0.2) is 0 Å². The van der Waals surface area contributed by atoms with Crippen molar-refractivity contribution in [2.45, 2.75) is 19.4 Å². The summed E-state index contributed by atoms with van der Waals surface area (Å²) in [6, 6.07) is 14.1. The summed E-state index contributed by atoms with van der Waals surface area (Å²) < 4.78 is 11.1. The molecule has 0 saturated carbocycles. The Morgan fingerprint density at radius 3 is 2.90 bits per heavy atom. The maximum Gasteiger partial charge on any atom is 0.122 e. The molecule has 1 unspecified atom stereocenters. The zero-order valence-electron chi connectivity index (χ0n) is 11.6. The van der Waals surface area contributed by atoms with E-state index in [0.29, 0.717) is 6.61 Å². The minimum atomic E-state index is -0.138. The zero-order chi connectivity index (χ0) is 13.9. The van der Waals surface area contributed by atoms with Crippen molar-refractivity contribution in [2.75, 3.05) is 13.2 Å². The molecule has 1 aliphatic heterocycles. The molecule has 2 N–H and O–H groups in total. The van der Waals surface area contributed by atoms with Gasteiger partial charge >= 0.3 is 0 Å². The van der Waals surface area contributed by atoms with E-state index >= 15 is 0 Å². The van der Waals surface area contributed by atoms with Gasteiger partial charge < -0.3 is 15.2 Å². The van der Waals surface area contributed by atoms with Gasteiger partial charge in [0.2, 0.25) is 0 Å². The highest BCUT2D eigenvalue weighted by molar-refractivity contribution is 5.44. The molecular weight excluding hydrogens is 250 g/mol. The molecule has 0 aromatic heterocycles. The molecule has 3 rings (SSSR count). The molecule has 0 saturated heterocycles. The van der Waals surface area contributed by atoms with Gasteiger partial charge in [0, 0.05) is 6.42 Å². The molecular formula is C17H19NO2. The van der Waals surface area contributed by atoms with Gasteiger partial charge in [-0.2, -0.15) is 0 Å². The molecule has 0 fully saturated rings. The summed E-state index contributed by atoms with van der Waals surface area (Å²) in [6.07, 6.45) is 0.967. The van der Waals surface area contributed by atoms with Crippen LogP contribution < -0.4 is 15.2 Å². The monoisotopic (exact) mass is 269 g/mol. The maximum absolute atomic E-state index is 6.38. The average Bonchev–Trinajstić information content (AvgIpc) is 2.94. The fourth-order valence-electron chi connectivity index (χ4n) is 2.56. The Balaban J connectivity index is 1.88. The van der Waals surface area contributed by atoms with Gasteiger partial charge in [0.1, 0.15) is 11.5 Å². The second-order valence-electron chi connectivity index (χ2n) is 4.95. The van der Waals surface area contributed by atoms with E-state index in [4.69, 9.17) is 15.2 Å². The summed E-state index contributed by atoms with van der Waals surface area (Å²) in [4.78, 5) is 0. The lowest BCUT2D eigenvalue weighted by molar-refractivity contribution is 0.340. The predicted octanol–water partition coefficient (Wildman–Crippen LogP) is 3.07. The average molecular weight is 269 g/mol. The van der Waals surface area contributed by atoms with Gasteiger partial charge in [-0.05, 0) is 41.8 Å². The third kappa shape index (κ3) is 2.49. The Labute approximate surface area is 119 Å². The molecule has 0 spiro atoms. The van der Waals surface area contributed by atoms with Crippen molar-refractivity contribution in [3.63, 3.8) is 0 Å². The molecule has 2 aromatic carbocycles. The van der Waals surface area contributed by atoms with E-state index < -0.39 is 0 Å². The first kappa shape index (κ1) is 13.0. The number of hydrogen-bond acceptors (Lipinski definition) is 3. The summed E-state index contributed by atoms with van der Waals surface area (Å²) in [5.74, 6) is 1.86. The molecule has 20 heavy (non-hydrogen) atoms. The van der Waals surface area contributed by atoms with E-state index in [1.165, 1.54) is 5.56 Å². The second-order valence-corrected chi connectivity index (χ2v) is 4.95. The Morgan fingerprint density at radius 1 is 1.20 bits per heavy atom. The van der Waals surface area contributed by atoms with Gasteiger partial charge in [-0.3, -0.25) is 0 Å². The number of rotatable bonds is 4. The third-order valence-corrected chi connectivity index (χ3v) is 3.60. The lowest BCUT2D eigenvalue weighted by Gasteiger charge is -2.15. The highest BCUT2D eigenvalue weighted by Crippen LogP contribution is 2.30. The number of benzene rings is 2. The smallest absolute Gasteiger partial charge is 0.122 e. The molecule has 104 valence electrons. The van der Waals surface area contributed by atoms with Crippen LogP contribution in [0.3, 0.4) is 0 Å². The highest BCUT2D eigenvalue weighted by atomic mass is 16.5. The van der Waals surface area contributed by atoms with Crippen LogP contribution in [-0.2, 0) is 6.42 Å². The molecule has 0 amide bonds. The van der Waals surface area contributed by atoms with E-state index in [-0.39, 0.29) is 6.04 Å². The fourth-order valence-corrected chi connectivity index (χ4v) is 2.56. The highest BCUT2D eigenvalue weighted by Gasteiger charge is 2.16. The quantitative estimate of drug-likeness (QED) is 0.927. The molecule has 2 aromatic rings. The largest absolute Gasteiger partial charge is 0.494 e. The van der Waals surface area contributed by atoms with Crippen LogP contribution in [0.4, 0.5) is 0 Å². The molecule has 0 radical (unpaired) electrons. The van der Waals surface area contributed by atoms with Crippen molar-refractivity contribution in [3.05, 3.63) is 59.2 Å². The van der Waals surface area contributed by atoms with Crippen molar-refractivity contribution in [1.29, 1.82) is 0 Å². The molecule has 1 heterocycles. The number of nitrogens with two attached hydrogens (primary N) is 1. The van der Waals surface area contributed by atoms with Crippen LogP contribution in [-0.4, -0.2) is 13.2 Å². The van der Waals surface area contributed by atoms with Gasteiger partial charge in [0.25, 0.3) is 0 Å². The van der Waals surface area contributed by atoms with Gasteiger partial charge in [-0.15, -0.1) is 0 Å². The first-order valence-electron chi connectivity index (χ1n) is 7.02. The topological polar surface area (TPSA) is 44.5 Å². The van der Waals surface area contributed by atoms with E-state index in [9.17, 15) is 0 Å². The van der Waals surface area contributed by atoms with Crippen LogP contribution in [0.2, 0.25) is 0 Å². The molecule has 3 heteroatoms. The van der Waals surface area contributed by atoms with Gasteiger partial charge in [-0.25, -0.2) is 0 Å². The Morgan fingerprint density at radius 2 is 2.05 bits per heavy atom. The van der Waals surface area contributed by atoms with E-state index in [1.54, 1.807) is 0 Å². The van der Waals surface area contributed by atoms with Gasteiger partial charge in [-0.1, -0.05) is 24.3 Å². The van der Waals surface area contributed by atoms with Crippen molar-refractivity contribution in [3.8, 4) is 11.5 Å². The first-order chi connectivity index (χ1) is 9.78. The normalized spacial score (nSPS) is 14.5. The first-order valence-corrected chi connectivity index (χ1v) is 7.02. The van der Waals surface area contributed by atoms with E-state index in [2.05, 4.69) is 6.07 Å². The van der Waals surface area contributed by atoms with Crippen molar-refractivity contribution < 1.29 is 9.47 Å². The van der Waals surface area contributed by atoms with E-state index in [1.807, 2.05) is 43.3 Å². The number of fused-ring (bicyclic) bond motifs is 1. The lowest BCUT2D eigenvalue weighted by Crippen LogP contribution is -2.12. The standard InChI is InChI=1S/C17H19NO2/c1-2-19-15-5-3-4-13(11-15)17(18)14-6-7-16-12(10-14)8-9-20-16/h3-7,10-11,17H,2,8-9,18H2,1H3. The van der Waals surface area contributed by atoms with Crippen LogP contribution in [0, 0.1) is 0 Å². The lowest BCUT2D eigenvalue weighted by atomic mass is 9.97.